The second kappa shape index (κ2) is 25.6. The molecule has 0 spiro atoms. The maximum Gasteiger partial charge on any atom is 0.326 e. The minimum atomic E-state index is -1.81. The topological polar surface area (TPSA) is 359 Å². The third-order valence-corrected chi connectivity index (χ3v) is 8.77. The lowest BCUT2D eigenvalue weighted by Crippen LogP contribution is -2.61. The summed E-state index contributed by atoms with van der Waals surface area (Å²) in [6.45, 7) is 7.03. The molecule has 0 radical (unpaired) electrons. The van der Waals surface area contributed by atoms with Gasteiger partial charge in [0.25, 0.3) is 0 Å². The Morgan fingerprint density at radius 3 is 1.49 bits per heavy atom. The maximum atomic E-state index is 13.7. The van der Waals surface area contributed by atoms with Crippen LogP contribution in [0, 0.1) is 11.8 Å². The normalized spacial score (nSPS) is 15.2. The Hall–Kier alpha value is -5.67. The summed E-state index contributed by atoms with van der Waals surface area (Å²) in [5.41, 5.74) is 12.1. The summed E-state index contributed by atoms with van der Waals surface area (Å²) in [6.07, 6.45) is -3.32. The first-order chi connectivity index (χ1) is 27.5. The van der Waals surface area contributed by atoms with Crippen LogP contribution in [0.4, 0.5) is 0 Å². The van der Waals surface area contributed by atoms with Crippen LogP contribution in [0.5, 0.6) is 0 Å². The molecule has 1 rings (SSSR count). The maximum absolute atomic E-state index is 13.7. The SMILES string of the molecule is CC(C)C[C@H](NC(=O)[C@H](CCC(=O)O)NC(=O)[C@H](CO)NC(=O)[C@H](CCC(N)=O)NC(=O)[C@H](CC(C)C)NC(=O)[C@@H](NC(=O)[C@@H](N)Cc1ccccc1)[C@@H](C)O)C(=O)O. The zero-order valence-electron chi connectivity index (χ0n) is 33.9. The van der Waals surface area contributed by atoms with Crippen LogP contribution in [0.15, 0.2) is 30.3 Å². The van der Waals surface area contributed by atoms with Crippen molar-refractivity contribution in [3.8, 4) is 0 Å². The standard InChI is InChI=1S/C38H60N8O13/c1-19(2)15-26(43-37(57)31(21(5)48)46-32(52)23(39)17-22-9-7-6-8-10-22)35(55)41-24(11-13-29(40)49)34(54)45-28(18-47)36(56)42-25(12-14-30(50)51)33(53)44-27(38(58)59)16-20(3)4/h6-10,19-21,23-28,31,47-48H,11-18,39H2,1-5H3,(H2,40,49)(H,41,55)(H,42,56)(H,43,57)(H,44,53)(H,45,54)(H,46,52)(H,50,51)(H,58,59)/t21-,23+,24+,25+,26+,27+,28+,31+/m1/s1. The number of carbonyl (C=O) groups is 9. The van der Waals surface area contributed by atoms with Gasteiger partial charge < -0.3 is 63.8 Å². The summed E-state index contributed by atoms with van der Waals surface area (Å²) in [6, 6.07) is -1.61. The summed E-state index contributed by atoms with van der Waals surface area (Å²) in [5, 5.41) is 53.2. The van der Waals surface area contributed by atoms with Crippen LogP contribution < -0.4 is 43.4 Å². The van der Waals surface area contributed by atoms with E-state index in [0.29, 0.717) is 0 Å². The molecule has 0 fully saturated rings. The van der Waals surface area contributed by atoms with E-state index >= 15 is 0 Å². The van der Waals surface area contributed by atoms with Gasteiger partial charge in [0.05, 0.1) is 18.8 Å². The third kappa shape index (κ3) is 19.6. The molecule has 8 atom stereocenters. The number of aliphatic hydroxyl groups is 2. The number of hydrogen-bond acceptors (Lipinski definition) is 12. The van der Waals surface area contributed by atoms with Crippen molar-refractivity contribution in [2.24, 2.45) is 23.3 Å². The van der Waals surface area contributed by atoms with Gasteiger partial charge >= 0.3 is 11.9 Å². The Kier molecular flexibility index (Phi) is 22.3. The van der Waals surface area contributed by atoms with Crippen molar-refractivity contribution in [1.82, 2.24) is 31.9 Å². The number of primary amides is 1. The Labute approximate surface area is 342 Å². The highest BCUT2D eigenvalue weighted by Crippen LogP contribution is 2.10. The van der Waals surface area contributed by atoms with E-state index in [1.165, 1.54) is 6.92 Å². The van der Waals surface area contributed by atoms with Crippen LogP contribution in [-0.2, 0) is 49.6 Å². The second-order valence-corrected chi connectivity index (χ2v) is 15.0. The summed E-state index contributed by atoms with van der Waals surface area (Å²) in [4.78, 5) is 115. The van der Waals surface area contributed by atoms with Crippen LogP contribution in [0.2, 0.25) is 0 Å². The quantitative estimate of drug-likeness (QED) is 0.0425. The van der Waals surface area contributed by atoms with Gasteiger partial charge in [0.1, 0.15) is 36.3 Å². The van der Waals surface area contributed by atoms with Crippen LogP contribution in [0.3, 0.4) is 0 Å². The molecule has 0 unspecified atom stereocenters. The molecule has 1 aromatic carbocycles. The largest absolute Gasteiger partial charge is 0.481 e. The van der Waals surface area contributed by atoms with Crippen molar-refractivity contribution in [2.75, 3.05) is 6.61 Å². The lowest BCUT2D eigenvalue weighted by molar-refractivity contribution is -0.143. The van der Waals surface area contributed by atoms with E-state index in [1.807, 2.05) is 0 Å². The van der Waals surface area contributed by atoms with E-state index in [-0.39, 0.29) is 31.1 Å². The highest BCUT2D eigenvalue weighted by atomic mass is 16.4. The molecule has 330 valence electrons. The molecule has 7 amide bonds. The Balaban J connectivity index is 3.23. The van der Waals surface area contributed by atoms with Crippen molar-refractivity contribution >= 4 is 53.3 Å². The Morgan fingerprint density at radius 1 is 0.593 bits per heavy atom. The lowest BCUT2D eigenvalue weighted by atomic mass is 10.0. The molecule has 21 nitrogen and oxygen atoms in total. The first-order valence-corrected chi connectivity index (χ1v) is 19.2. The van der Waals surface area contributed by atoms with Gasteiger partial charge in [-0.15, -0.1) is 0 Å². The zero-order chi connectivity index (χ0) is 45.0. The first kappa shape index (κ1) is 51.3. The predicted octanol–water partition coefficient (Wildman–Crippen LogP) is -2.85. The molecule has 0 aliphatic carbocycles. The monoisotopic (exact) mass is 836 g/mol. The van der Waals surface area contributed by atoms with Gasteiger partial charge in [-0.25, -0.2) is 4.79 Å². The molecule has 14 N–H and O–H groups in total. The number of nitrogens with one attached hydrogen (secondary N) is 6. The first-order valence-electron chi connectivity index (χ1n) is 19.2. The molecule has 0 saturated carbocycles. The van der Waals surface area contributed by atoms with Crippen molar-refractivity contribution < 1.29 is 63.6 Å². The van der Waals surface area contributed by atoms with Crippen LogP contribution in [-0.4, -0.2) is 129 Å². The van der Waals surface area contributed by atoms with Gasteiger partial charge in [-0.05, 0) is 56.4 Å². The number of hydrogen-bond donors (Lipinski definition) is 12. The summed E-state index contributed by atoms with van der Waals surface area (Å²) >= 11 is 0. The molecule has 0 aliphatic rings. The average Bonchev–Trinajstić information content (AvgIpc) is 3.14. The van der Waals surface area contributed by atoms with Gasteiger partial charge in [0.15, 0.2) is 0 Å². The van der Waals surface area contributed by atoms with Crippen molar-refractivity contribution in [3.05, 3.63) is 35.9 Å². The zero-order valence-corrected chi connectivity index (χ0v) is 33.9. The number of carboxylic acids is 2. The number of aliphatic carboxylic acids is 2. The summed E-state index contributed by atoms with van der Waals surface area (Å²) in [5.74, 6) is -9.97. The van der Waals surface area contributed by atoms with Crippen molar-refractivity contribution in [1.29, 1.82) is 0 Å². The van der Waals surface area contributed by atoms with Gasteiger partial charge in [0.2, 0.25) is 41.4 Å². The smallest absolute Gasteiger partial charge is 0.326 e. The van der Waals surface area contributed by atoms with Gasteiger partial charge in [-0.1, -0.05) is 58.0 Å². The van der Waals surface area contributed by atoms with Crippen LogP contribution in [0.1, 0.15) is 78.7 Å². The van der Waals surface area contributed by atoms with Crippen LogP contribution in [0.25, 0.3) is 0 Å². The highest BCUT2D eigenvalue weighted by molar-refractivity contribution is 5.97. The second-order valence-electron chi connectivity index (χ2n) is 15.0. The molecular weight excluding hydrogens is 776 g/mol. The molecular formula is C38H60N8O13. The minimum absolute atomic E-state index is 0.0116. The Morgan fingerprint density at radius 2 is 1.03 bits per heavy atom. The van der Waals surface area contributed by atoms with Crippen LogP contribution >= 0.6 is 0 Å². The lowest BCUT2D eigenvalue weighted by Gasteiger charge is -2.28. The average molecular weight is 837 g/mol. The van der Waals surface area contributed by atoms with Gasteiger partial charge in [-0.3, -0.25) is 38.4 Å². The number of nitrogens with two attached hydrogens (primary N) is 2. The van der Waals surface area contributed by atoms with E-state index in [0.717, 1.165) is 5.56 Å². The minimum Gasteiger partial charge on any atom is -0.481 e. The summed E-state index contributed by atoms with van der Waals surface area (Å²) in [7, 11) is 0. The summed E-state index contributed by atoms with van der Waals surface area (Å²) < 4.78 is 0. The third-order valence-electron chi connectivity index (χ3n) is 8.77. The van der Waals surface area contributed by atoms with E-state index in [1.54, 1.807) is 58.0 Å². The number of carboxylic acid groups (broad SMARTS) is 2. The molecule has 0 aromatic heterocycles. The molecule has 21 heteroatoms. The van der Waals surface area contributed by atoms with E-state index in [4.69, 9.17) is 11.5 Å². The van der Waals surface area contributed by atoms with Gasteiger partial charge in [0, 0.05) is 12.8 Å². The van der Waals surface area contributed by atoms with Crippen molar-refractivity contribution in [3.63, 3.8) is 0 Å². The molecule has 0 aliphatic heterocycles. The van der Waals surface area contributed by atoms with Gasteiger partial charge in [-0.2, -0.15) is 0 Å². The number of aliphatic hydroxyl groups excluding tert-OH is 2. The number of benzene rings is 1. The highest BCUT2D eigenvalue weighted by Gasteiger charge is 2.35. The fourth-order valence-corrected chi connectivity index (χ4v) is 5.66. The van der Waals surface area contributed by atoms with E-state index in [9.17, 15) is 63.6 Å². The molecule has 0 heterocycles. The molecule has 1 aromatic rings. The fourth-order valence-electron chi connectivity index (χ4n) is 5.66. The number of carbonyl (C=O) groups excluding carboxylic acids is 7. The van der Waals surface area contributed by atoms with Crippen molar-refractivity contribution in [2.45, 2.75) is 128 Å². The Bertz CT molecular complexity index is 1610. The number of rotatable bonds is 27. The van der Waals surface area contributed by atoms with E-state index < -0.39 is 134 Å². The molecule has 59 heavy (non-hydrogen) atoms. The molecule has 0 bridgehead atoms. The molecule has 0 saturated heterocycles. The fraction of sp³-hybridized carbons (Fsp3) is 0.605. The predicted molar refractivity (Wildman–Crippen MR) is 210 cm³/mol. The number of amides is 7. The van der Waals surface area contributed by atoms with E-state index in [2.05, 4.69) is 31.9 Å².